The molecule has 1 aromatic rings. The van der Waals surface area contributed by atoms with Gasteiger partial charge in [-0.15, -0.1) is 0 Å². The maximum absolute atomic E-state index is 11.2. The highest BCUT2D eigenvalue weighted by Gasteiger charge is 2.01. The number of carbonyl (C=O) groups excluding carboxylic acids is 1. The minimum Gasteiger partial charge on any atom is -0.372 e. The smallest absolute Gasteiger partial charge is 0.264 e. The Bertz CT molecular complexity index is 370. The summed E-state index contributed by atoms with van der Waals surface area (Å²) in [5.41, 5.74) is 5.85. The van der Waals surface area contributed by atoms with Crippen molar-refractivity contribution in [1.29, 1.82) is 0 Å². The number of carbonyl (C=O) groups is 1. The van der Waals surface area contributed by atoms with Crippen molar-refractivity contribution in [2.45, 2.75) is 6.92 Å². The molecule has 17 heavy (non-hydrogen) atoms. The number of hydrogen-bond donors (Lipinski definition) is 3. The van der Waals surface area contributed by atoms with Crippen LogP contribution < -0.4 is 16.2 Å². The average Bonchev–Trinajstić information content (AvgIpc) is 2.35. The summed E-state index contributed by atoms with van der Waals surface area (Å²) in [4.78, 5) is 11.2. The van der Waals surface area contributed by atoms with Crippen LogP contribution in [0.5, 0.6) is 0 Å². The van der Waals surface area contributed by atoms with Crippen molar-refractivity contribution in [2.24, 2.45) is 0 Å². The first kappa shape index (κ1) is 13.4. The molecule has 1 rings (SSSR count). The van der Waals surface area contributed by atoms with E-state index in [0.717, 1.165) is 5.69 Å². The molecule has 3 N–H and O–H groups in total. The van der Waals surface area contributed by atoms with Crippen LogP contribution in [-0.4, -0.2) is 24.2 Å². The van der Waals surface area contributed by atoms with E-state index in [1.807, 2.05) is 37.3 Å². The Morgan fingerprint density at radius 1 is 1.29 bits per heavy atom. The fourth-order valence-electron chi connectivity index (χ4n) is 1.04. The molecule has 0 aliphatic rings. The van der Waals surface area contributed by atoms with E-state index in [4.69, 9.17) is 17.0 Å². The van der Waals surface area contributed by atoms with Gasteiger partial charge in [0, 0.05) is 12.3 Å². The molecule has 0 saturated heterocycles. The first-order valence-electron chi connectivity index (χ1n) is 5.21. The van der Waals surface area contributed by atoms with E-state index in [9.17, 15) is 4.79 Å². The zero-order valence-electron chi connectivity index (χ0n) is 9.53. The number of ether oxygens (including phenoxy) is 1. The van der Waals surface area contributed by atoms with Crippen molar-refractivity contribution in [2.75, 3.05) is 18.5 Å². The van der Waals surface area contributed by atoms with Crippen molar-refractivity contribution in [1.82, 2.24) is 10.9 Å². The van der Waals surface area contributed by atoms with Crippen molar-refractivity contribution >= 4 is 28.9 Å². The highest BCUT2D eigenvalue weighted by molar-refractivity contribution is 7.80. The lowest BCUT2D eigenvalue weighted by atomic mass is 10.3. The lowest BCUT2D eigenvalue weighted by Crippen LogP contribution is -2.45. The number of nitrogens with one attached hydrogen (secondary N) is 3. The number of para-hydroxylation sites is 1. The molecule has 0 radical (unpaired) electrons. The molecule has 1 amide bonds. The molecule has 0 spiro atoms. The van der Waals surface area contributed by atoms with Crippen LogP contribution >= 0.6 is 12.2 Å². The third-order valence-electron chi connectivity index (χ3n) is 1.78. The summed E-state index contributed by atoms with van der Waals surface area (Å²) >= 11 is 4.99. The quantitative estimate of drug-likeness (QED) is 0.553. The van der Waals surface area contributed by atoms with Crippen molar-refractivity contribution in [3.63, 3.8) is 0 Å². The number of rotatable bonds is 4. The third-order valence-corrected chi connectivity index (χ3v) is 1.99. The van der Waals surface area contributed by atoms with Gasteiger partial charge in [0.25, 0.3) is 5.91 Å². The van der Waals surface area contributed by atoms with Gasteiger partial charge >= 0.3 is 0 Å². The van der Waals surface area contributed by atoms with Gasteiger partial charge < -0.3 is 10.1 Å². The second-order valence-electron chi connectivity index (χ2n) is 3.13. The zero-order chi connectivity index (χ0) is 12.5. The third kappa shape index (κ3) is 5.84. The molecule has 0 atom stereocenters. The Labute approximate surface area is 106 Å². The van der Waals surface area contributed by atoms with Gasteiger partial charge in [-0.3, -0.25) is 15.6 Å². The Balaban J connectivity index is 2.24. The second-order valence-corrected chi connectivity index (χ2v) is 3.54. The number of amides is 1. The molecular formula is C11H15N3O2S. The standard InChI is InChI=1S/C11H15N3O2S/c1-2-16-8-10(15)13-14-11(17)12-9-6-4-3-5-7-9/h3-7H,2,8H2,1H3,(H,13,15)(H2,12,14,17). The Morgan fingerprint density at radius 3 is 2.65 bits per heavy atom. The number of hydrogen-bond acceptors (Lipinski definition) is 3. The molecule has 0 saturated carbocycles. The molecule has 0 heterocycles. The van der Waals surface area contributed by atoms with E-state index in [0.29, 0.717) is 11.7 Å². The van der Waals surface area contributed by atoms with Crippen molar-refractivity contribution < 1.29 is 9.53 Å². The van der Waals surface area contributed by atoms with Crippen molar-refractivity contribution in [3.05, 3.63) is 30.3 Å². The number of thiocarbonyl (C=S) groups is 1. The van der Waals surface area contributed by atoms with E-state index in [-0.39, 0.29) is 12.5 Å². The van der Waals surface area contributed by atoms with Gasteiger partial charge in [0.15, 0.2) is 5.11 Å². The predicted molar refractivity (Wildman–Crippen MR) is 70.4 cm³/mol. The summed E-state index contributed by atoms with van der Waals surface area (Å²) in [6.07, 6.45) is 0. The van der Waals surface area contributed by atoms with Crippen LogP contribution in [0.2, 0.25) is 0 Å². The summed E-state index contributed by atoms with van der Waals surface area (Å²) in [6.45, 7) is 2.33. The molecule has 6 heteroatoms. The highest BCUT2D eigenvalue weighted by atomic mass is 32.1. The zero-order valence-corrected chi connectivity index (χ0v) is 10.3. The van der Waals surface area contributed by atoms with E-state index < -0.39 is 0 Å². The van der Waals surface area contributed by atoms with Crippen LogP contribution in [0.1, 0.15) is 6.92 Å². The van der Waals surface area contributed by atoms with E-state index in [2.05, 4.69) is 16.2 Å². The lowest BCUT2D eigenvalue weighted by Gasteiger charge is -2.11. The molecule has 0 fully saturated rings. The van der Waals surface area contributed by atoms with Crippen LogP contribution in [0.15, 0.2) is 30.3 Å². The lowest BCUT2D eigenvalue weighted by molar-refractivity contribution is -0.126. The monoisotopic (exact) mass is 253 g/mol. The molecule has 1 aromatic carbocycles. The second kappa shape index (κ2) is 7.59. The number of anilines is 1. The predicted octanol–water partition coefficient (Wildman–Crippen LogP) is 1.04. The molecule has 0 bridgehead atoms. The molecule has 92 valence electrons. The van der Waals surface area contributed by atoms with Gasteiger partial charge in [-0.2, -0.15) is 0 Å². The Kier molecular flexibility index (Phi) is 5.98. The van der Waals surface area contributed by atoms with Crippen LogP contribution in [-0.2, 0) is 9.53 Å². The van der Waals surface area contributed by atoms with Gasteiger partial charge in [-0.1, -0.05) is 18.2 Å². The van der Waals surface area contributed by atoms with Gasteiger partial charge in [0.1, 0.15) is 6.61 Å². The minimum atomic E-state index is -0.274. The molecule has 0 aliphatic carbocycles. The molecule has 0 aliphatic heterocycles. The summed E-state index contributed by atoms with van der Waals surface area (Å²) in [5.74, 6) is -0.274. The molecule has 0 aromatic heterocycles. The average molecular weight is 253 g/mol. The maximum atomic E-state index is 11.2. The number of benzene rings is 1. The summed E-state index contributed by atoms with van der Waals surface area (Å²) in [6, 6.07) is 9.43. The summed E-state index contributed by atoms with van der Waals surface area (Å²) in [5, 5.41) is 3.24. The fraction of sp³-hybridized carbons (Fsp3) is 0.273. The van der Waals surface area contributed by atoms with Crippen LogP contribution in [0, 0.1) is 0 Å². The van der Waals surface area contributed by atoms with Gasteiger partial charge in [0.05, 0.1) is 0 Å². The minimum absolute atomic E-state index is 0.0114. The molecule has 5 nitrogen and oxygen atoms in total. The largest absolute Gasteiger partial charge is 0.372 e. The topological polar surface area (TPSA) is 62.4 Å². The van der Waals surface area contributed by atoms with Gasteiger partial charge in [-0.25, -0.2) is 0 Å². The SMILES string of the molecule is CCOCC(=O)NNC(=S)Nc1ccccc1. The Morgan fingerprint density at radius 2 is 2.00 bits per heavy atom. The molecular weight excluding hydrogens is 238 g/mol. The maximum Gasteiger partial charge on any atom is 0.264 e. The highest BCUT2D eigenvalue weighted by Crippen LogP contribution is 2.03. The normalized spacial score (nSPS) is 9.47. The van der Waals surface area contributed by atoms with Crippen molar-refractivity contribution in [3.8, 4) is 0 Å². The van der Waals surface area contributed by atoms with Gasteiger partial charge in [0.2, 0.25) is 0 Å². The number of hydrazine groups is 1. The Hall–Kier alpha value is -1.66. The fourth-order valence-corrected chi connectivity index (χ4v) is 1.21. The van der Waals surface area contributed by atoms with Crippen LogP contribution in [0.4, 0.5) is 5.69 Å². The van der Waals surface area contributed by atoms with Gasteiger partial charge in [-0.05, 0) is 31.3 Å². The van der Waals surface area contributed by atoms with E-state index in [1.165, 1.54) is 0 Å². The van der Waals surface area contributed by atoms with E-state index >= 15 is 0 Å². The first-order valence-corrected chi connectivity index (χ1v) is 5.62. The van der Waals surface area contributed by atoms with Crippen LogP contribution in [0.3, 0.4) is 0 Å². The van der Waals surface area contributed by atoms with Crippen LogP contribution in [0.25, 0.3) is 0 Å². The summed E-state index contributed by atoms with van der Waals surface area (Å²) < 4.78 is 4.93. The van der Waals surface area contributed by atoms with E-state index in [1.54, 1.807) is 0 Å². The summed E-state index contributed by atoms with van der Waals surface area (Å²) in [7, 11) is 0. The first-order chi connectivity index (χ1) is 8.22. The molecule has 0 unspecified atom stereocenters.